The number of alkyl halides is 1. The van der Waals surface area contributed by atoms with Crippen LogP contribution in [0, 0.1) is 0 Å². The van der Waals surface area contributed by atoms with Gasteiger partial charge in [-0.1, -0.05) is 23.7 Å². The lowest BCUT2D eigenvalue weighted by molar-refractivity contribution is -0.109. The number of hydrogen-bond donors (Lipinski definition) is 0. The molecule has 0 spiro atoms. The Morgan fingerprint density at radius 2 is 1.47 bits per heavy atom. The van der Waals surface area contributed by atoms with Crippen molar-refractivity contribution in [2.45, 2.75) is 11.8 Å². The fourth-order valence-electron chi connectivity index (χ4n) is 1.56. The van der Waals surface area contributed by atoms with Crippen LogP contribution in [0.25, 0.3) is 0 Å². The minimum absolute atomic E-state index is 0.659. The maximum atomic E-state index is 10.9. The first kappa shape index (κ1) is 13.9. The molecule has 4 heteroatoms. The van der Waals surface area contributed by atoms with E-state index < -0.39 is 4.87 Å². The highest BCUT2D eigenvalue weighted by Gasteiger charge is 2.22. The van der Waals surface area contributed by atoms with E-state index in [4.69, 9.17) is 27.9 Å². The van der Waals surface area contributed by atoms with Gasteiger partial charge in [-0.15, -0.1) is 11.6 Å². The lowest BCUT2D eigenvalue weighted by Gasteiger charge is -2.15. The topological polar surface area (TPSA) is 26.3 Å². The van der Waals surface area contributed by atoms with Crippen LogP contribution in [-0.4, -0.2) is 6.29 Å². The van der Waals surface area contributed by atoms with Crippen LogP contribution in [0.1, 0.15) is 12.5 Å². The van der Waals surface area contributed by atoms with Crippen molar-refractivity contribution >= 4 is 29.5 Å². The van der Waals surface area contributed by atoms with Crippen LogP contribution in [0.3, 0.4) is 0 Å². The zero-order valence-electron chi connectivity index (χ0n) is 10.3. The number of ether oxygens (including phenoxy) is 1. The maximum Gasteiger partial charge on any atom is 0.145 e. The van der Waals surface area contributed by atoms with Gasteiger partial charge in [0.1, 0.15) is 22.7 Å². The van der Waals surface area contributed by atoms with E-state index >= 15 is 0 Å². The molecule has 19 heavy (non-hydrogen) atoms. The molecule has 0 amide bonds. The summed E-state index contributed by atoms with van der Waals surface area (Å²) in [5.41, 5.74) is 0.729. The normalized spacial score (nSPS) is 13.6. The first-order valence-electron chi connectivity index (χ1n) is 5.70. The van der Waals surface area contributed by atoms with Gasteiger partial charge in [0.25, 0.3) is 0 Å². The van der Waals surface area contributed by atoms with Crippen molar-refractivity contribution in [3.05, 3.63) is 59.1 Å². The molecule has 0 aliphatic carbocycles. The fraction of sp³-hybridized carbons (Fsp3) is 0.133. The van der Waals surface area contributed by atoms with E-state index in [2.05, 4.69) is 0 Å². The van der Waals surface area contributed by atoms with E-state index in [1.807, 2.05) is 0 Å². The Bertz CT molecular complexity index is 560. The van der Waals surface area contributed by atoms with E-state index in [1.165, 1.54) is 0 Å². The molecule has 1 atom stereocenters. The van der Waals surface area contributed by atoms with Crippen molar-refractivity contribution in [1.82, 2.24) is 0 Å². The smallest absolute Gasteiger partial charge is 0.145 e. The third kappa shape index (κ3) is 3.49. The highest BCUT2D eigenvalue weighted by atomic mass is 35.5. The van der Waals surface area contributed by atoms with Gasteiger partial charge < -0.3 is 9.53 Å². The molecule has 0 saturated heterocycles. The van der Waals surface area contributed by atoms with Crippen LogP contribution < -0.4 is 4.74 Å². The van der Waals surface area contributed by atoms with E-state index in [0.29, 0.717) is 22.8 Å². The van der Waals surface area contributed by atoms with Crippen LogP contribution in [0.15, 0.2) is 48.5 Å². The average Bonchev–Trinajstić information content (AvgIpc) is 2.42. The monoisotopic (exact) mass is 294 g/mol. The molecule has 2 aromatic rings. The van der Waals surface area contributed by atoms with Crippen molar-refractivity contribution < 1.29 is 9.53 Å². The Hall–Kier alpha value is -1.51. The van der Waals surface area contributed by atoms with Gasteiger partial charge in [0.15, 0.2) is 0 Å². The maximum absolute atomic E-state index is 10.9. The van der Waals surface area contributed by atoms with Crippen molar-refractivity contribution in [1.29, 1.82) is 0 Å². The molecule has 0 N–H and O–H groups in total. The minimum Gasteiger partial charge on any atom is -0.457 e. The minimum atomic E-state index is -1.00. The Labute approximate surface area is 121 Å². The van der Waals surface area contributed by atoms with E-state index in [0.717, 1.165) is 5.56 Å². The molecular weight excluding hydrogens is 283 g/mol. The molecule has 0 aliphatic heterocycles. The summed E-state index contributed by atoms with van der Waals surface area (Å²) in [7, 11) is 0. The molecule has 0 radical (unpaired) electrons. The number of rotatable bonds is 4. The number of benzene rings is 2. The van der Waals surface area contributed by atoms with Gasteiger partial charge in [0.05, 0.1) is 0 Å². The van der Waals surface area contributed by atoms with Gasteiger partial charge in [-0.25, -0.2) is 0 Å². The highest BCUT2D eigenvalue weighted by molar-refractivity contribution is 6.31. The number of carbonyl (C=O) groups is 1. The number of hydrogen-bond acceptors (Lipinski definition) is 2. The van der Waals surface area contributed by atoms with Crippen molar-refractivity contribution in [2.24, 2.45) is 0 Å². The van der Waals surface area contributed by atoms with E-state index in [-0.39, 0.29) is 0 Å². The second-order valence-electron chi connectivity index (χ2n) is 4.27. The van der Waals surface area contributed by atoms with Gasteiger partial charge in [-0.2, -0.15) is 0 Å². The Morgan fingerprint density at radius 1 is 1.00 bits per heavy atom. The van der Waals surface area contributed by atoms with Gasteiger partial charge in [-0.3, -0.25) is 0 Å². The van der Waals surface area contributed by atoms with Crippen LogP contribution in [0.2, 0.25) is 5.02 Å². The summed E-state index contributed by atoms with van der Waals surface area (Å²) in [6, 6.07) is 14.2. The van der Waals surface area contributed by atoms with E-state index in [1.54, 1.807) is 55.5 Å². The lowest BCUT2D eigenvalue weighted by Crippen LogP contribution is -2.14. The second-order valence-corrected chi connectivity index (χ2v) is 5.50. The lowest BCUT2D eigenvalue weighted by atomic mass is 10.0. The van der Waals surface area contributed by atoms with Gasteiger partial charge in [0.2, 0.25) is 0 Å². The predicted molar refractivity (Wildman–Crippen MR) is 77.2 cm³/mol. The van der Waals surface area contributed by atoms with Crippen LogP contribution in [0.5, 0.6) is 11.5 Å². The van der Waals surface area contributed by atoms with Crippen molar-refractivity contribution in [3.8, 4) is 11.5 Å². The molecule has 0 saturated carbocycles. The Kier molecular flexibility index (Phi) is 4.13. The summed E-state index contributed by atoms with van der Waals surface area (Å²) in [6.45, 7) is 1.65. The summed E-state index contributed by atoms with van der Waals surface area (Å²) in [6.07, 6.45) is 0.712. The number of halogens is 2. The summed E-state index contributed by atoms with van der Waals surface area (Å²) in [4.78, 5) is 9.86. The molecule has 2 rings (SSSR count). The SMILES string of the molecule is CC(Cl)(C=O)c1ccc(Oc2ccc(Cl)cc2)cc1. The van der Waals surface area contributed by atoms with Gasteiger partial charge in [0, 0.05) is 5.02 Å². The molecule has 0 heterocycles. The summed E-state index contributed by atoms with van der Waals surface area (Å²) in [5.74, 6) is 1.37. The molecule has 1 unspecified atom stereocenters. The molecule has 2 aromatic carbocycles. The standard InChI is InChI=1S/C15H12Cl2O2/c1-15(17,10-18)11-2-6-13(7-3-11)19-14-8-4-12(16)5-9-14/h2-10H,1H3. The molecule has 0 aliphatic rings. The van der Waals surface area contributed by atoms with Crippen LogP contribution in [-0.2, 0) is 9.67 Å². The van der Waals surface area contributed by atoms with Crippen molar-refractivity contribution in [2.75, 3.05) is 0 Å². The zero-order chi connectivity index (χ0) is 13.9. The third-order valence-electron chi connectivity index (χ3n) is 2.69. The zero-order valence-corrected chi connectivity index (χ0v) is 11.8. The summed E-state index contributed by atoms with van der Waals surface area (Å²) >= 11 is 11.9. The molecular formula is C15H12Cl2O2. The fourth-order valence-corrected chi connectivity index (χ4v) is 1.81. The molecule has 2 nitrogen and oxygen atoms in total. The second kappa shape index (κ2) is 5.64. The first-order valence-corrected chi connectivity index (χ1v) is 6.46. The van der Waals surface area contributed by atoms with E-state index in [9.17, 15) is 4.79 Å². The largest absolute Gasteiger partial charge is 0.457 e. The Morgan fingerprint density at radius 3 is 1.95 bits per heavy atom. The van der Waals surface area contributed by atoms with Gasteiger partial charge >= 0.3 is 0 Å². The molecule has 0 aromatic heterocycles. The molecule has 0 bridgehead atoms. The Balaban J connectivity index is 2.15. The predicted octanol–water partition coefficient (Wildman–Crippen LogP) is 4.79. The average molecular weight is 295 g/mol. The van der Waals surface area contributed by atoms with Crippen molar-refractivity contribution in [3.63, 3.8) is 0 Å². The van der Waals surface area contributed by atoms with Crippen LogP contribution in [0.4, 0.5) is 0 Å². The third-order valence-corrected chi connectivity index (χ3v) is 3.25. The molecule has 0 fully saturated rings. The molecule has 98 valence electrons. The summed E-state index contributed by atoms with van der Waals surface area (Å²) in [5, 5.41) is 0.659. The number of aldehydes is 1. The highest BCUT2D eigenvalue weighted by Crippen LogP contribution is 2.29. The summed E-state index contributed by atoms with van der Waals surface area (Å²) < 4.78 is 5.64. The quantitative estimate of drug-likeness (QED) is 0.599. The van der Waals surface area contributed by atoms with Crippen LogP contribution >= 0.6 is 23.2 Å². The first-order chi connectivity index (χ1) is 9.01. The van der Waals surface area contributed by atoms with Gasteiger partial charge in [-0.05, 0) is 48.9 Å². The number of carbonyl (C=O) groups excluding carboxylic acids is 1.